The number of hydrogen-bond donors (Lipinski definition) is 2. The van der Waals surface area contributed by atoms with Gasteiger partial charge in [0, 0.05) is 42.7 Å². The zero-order chi connectivity index (χ0) is 29.6. The van der Waals surface area contributed by atoms with Crippen LogP contribution in [-0.2, 0) is 16.2 Å². The Morgan fingerprint density at radius 3 is 2.46 bits per heavy atom. The highest BCUT2D eigenvalue weighted by atomic mass is 16.7. The minimum atomic E-state index is -0.691. The molecule has 6 rings (SSSR count). The van der Waals surface area contributed by atoms with Gasteiger partial charge in [0.15, 0.2) is 0 Å². The number of hydroxylamine groups is 2. The third-order valence-electron chi connectivity index (χ3n) is 10.2. The van der Waals surface area contributed by atoms with Crippen molar-refractivity contribution in [2.24, 2.45) is 29.1 Å². The maximum absolute atomic E-state index is 13.8. The van der Waals surface area contributed by atoms with Gasteiger partial charge in [-0.25, -0.2) is 0 Å². The van der Waals surface area contributed by atoms with Gasteiger partial charge < -0.3 is 20.1 Å². The van der Waals surface area contributed by atoms with Gasteiger partial charge in [-0.1, -0.05) is 51.1 Å². The molecule has 0 radical (unpaired) electrons. The van der Waals surface area contributed by atoms with E-state index in [0.29, 0.717) is 41.0 Å². The molecular formula is C33H45N3O5. The SMILES string of the molecule is COc1c(CN2OC[C@@H]([C@H](C)O)[C@H]2C(=O)N[C@H]2C[C@H]3C[C@@H]([C@@H]2C)C3(C)C)cccc1-c1ccc(C(=O)N(C)C)cc1. The first-order valence-corrected chi connectivity index (χ1v) is 14.8. The van der Waals surface area contributed by atoms with Crippen LogP contribution in [0.2, 0.25) is 0 Å². The number of carbonyl (C=O) groups excluding carboxylic acids is 2. The molecule has 2 N–H and O–H groups in total. The molecular weight excluding hydrogens is 518 g/mol. The molecule has 2 amide bonds. The van der Waals surface area contributed by atoms with Crippen molar-refractivity contribution in [2.75, 3.05) is 27.8 Å². The molecule has 0 aromatic heterocycles. The Labute approximate surface area is 244 Å². The van der Waals surface area contributed by atoms with E-state index in [1.807, 2.05) is 42.5 Å². The molecule has 2 bridgehead atoms. The number of nitrogens with zero attached hydrogens (tertiary/aromatic N) is 2. The molecule has 8 heteroatoms. The summed E-state index contributed by atoms with van der Waals surface area (Å²) in [4.78, 5) is 33.8. The van der Waals surface area contributed by atoms with Gasteiger partial charge in [-0.15, -0.1) is 0 Å². The minimum absolute atomic E-state index is 0.0520. The predicted octanol–water partition coefficient (Wildman–Crippen LogP) is 4.36. The smallest absolute Gasteiger partial charge is 0.253 e. The van der Waals surface area contributed by atoms with Crippen molar-refractivity contribution in [3.05, 3.63) is 53.6 Å². The Morgan fingerprint density at radius 1 is 1.17 bits per heavy atom. The van der Waals surface area contributed by atoms with E-state index in [1.54, 1.807) is 38.1 Å². The summed E-state index contributed by atoms with van der Waals surface area (Å²) in [6.45, 7) is 9.31. The van der Waals surface area contributed by atoms with Crippen LogP contribution >= 0.6 is 0 Å². The summed E-state index contributed by atoms with van der Waals surface area (Å²) in [5, 5.41) is 15.7. The average molecular weight is 564 g/mol. The maximum Gasteiger partial charge on any atom is 0.253 e. The van der Waals surface area contributed by atoms with E-state index in [9.17, 15) is 14.7 Å². The van der Waals surface area contributed by atoms with Gasteiger partial charge in [-0.05, 0) is 60.6 Å². The summed E-state index contributed by atoms with van der Waals surface area (Å²) in [6.07, 6.45) is 1.56. The number of rotatable bonds is 8. The highest BCUT2D eigenvalue weighted by molar-refractivity contribution is 5.94. The molecule has 0 spiro atoms. The van der Waals surface area contributed by atoms with Crippen LogP contribution < -0.4 is 10.1 Å². The largest absolute Gasteiger partial charge is 0.496 e. The first-order valence-electron chi connectivity index (χ1n) is 14.8. The number of methoxy groups -OCH3 is 1. The number of nitrogens with one attached hydrogen (secondary N) is 1. The Bertz CT molecular complexity index is 1270. The van der Waals surface area contributed by atoms with Crippen molar-refractivity contribution in [3.8, 4) is 16.9 Å². The first-order chi connectivity index (χ1) is 19.4. The fourth-order valence-electron chi connectivity index (χ4n) is 7.44. The van der Waals surface area contributed by atoms with E-state index in [0.717, 1.165) is 23.1 Å². The monoisotopic (exact) mass is 563 g/mol. The fraction of sp³-hybridized carbons (Fsp3) is 0.576. The first kappa shape index (κ1) is 29.5. The summed E-state index contributed by atoms with van der Waals surface area (Å²) in [5.74, 6) is 1.89. The van der Waals surface area contributed by atoms with Crippen molar-refractivity contribution in [1.82, 2.24) is 15.3 Å². The molecule has 7 atom stereocenters. The van der Waals surface area contributed by atoms with Crippen LogP contribution in [-0.4, -0.2) is 72.9 Å². The van der Waals surface area contributed by atoms with Gasteiger partial charge in [0.25, 0.3) is 5.91 Å². The maximum atomic E-state index is 13.8. The average Bonchev–Trinajstić information content (AvgIpc) is 3.37. The molecule has 2 aromatic carbocycles. The van der Waals surface area contributed by atoms with Crippen LogP contribution in [0.25, 0.3) is 11.1 Å². The number of ether oxygens (including phenoxy) is 1. The highest BCUT2D eigenvalue weighted by Gasteiger charge is 2.57. The summed E-state index contributed by atoms with van der Waals surface area (Å²) in [5.41, 5.74) is 3.64. The number of aliphatic hydroxyl groups excluding tert-OH is 1. The predicted molar refractivity (Wildman–Crippen MR) is 158 cm³/mol. The Hall–Kier alpha value is -2.94. The topological polar surface area (TPSA) is 91.3 Å². The fourth-order valence-corrected chi connectivity index (χ4v) is 7.44. The van der Waals surface area contributed by atoms with Crippen molar-refractivity contribution >= 4 is 11.8 Å². The molecule has 1 aliphatic heterocycles. The van der Waals surface area contributed by atoms with Crippen molar-refractivity contribution in [2.45, 2.75) is 65.3 Å². The van der Waals surface area contributed by atoms with Crippen molar-refractivity contribution in [3.63, 3.8) is 0 Å². The van der Waals surface area contributed by atoms with Crippen LogP contribution in [0.15, 0.2) is 42.5 Å². The molecule has 2 aromatic rings. The molecule has 4 aliphatic rings. The van der Waals surface area contributed by atoms with Gasteiger partial charge in [-0.3, -0.25) is 14.4 Å². The van der Waals surface area contributed by atoms with Crippen LogP contribution in [0.5, 0.6) is 5.75 Å². The number of amides is 2. The van der Waals surface area contributed by atoms with Gasteiger partial charge in [0.2, 0.25) is 5.91 Å². The van der Waals surface area contributed by atoms with Crippen LogP contribution in [0.3, 0.4) is 0 Å². The second-order valence-corrected chi connectivity index (χ2v) is 13.1. The van der Waals surface area contributed by atoms with Gasteiger partial charge in [0.05, 0.1) is 26.4 Å². The summed E-state index contributed by atoms with van der Waals surface area (Å²) in [7, 11) is 5.10. The minimum Gasteiger partial charge on any atom is -0.496 e. The molecule has 1 saturated heterocycles. The lowest BCUT2D eigenvalue weighted by Crippen LogP contribution is -2.62. The molecule has 1 heterocycles. The van der Waals surface area contributed by atoms with Gasteiger partial charge in [-0.2, -0.15) is 5.06 Å². The van der Waals surface area contributed by atoms with E-state index in [1.165, 1.54) is 6.42 Å². The van der Waals surface area contributed by atoms with Crippen LogP contribution in [0, 0.1) is 29.1 Å². The normalized spacial score (nSPS) is 29.4. The lowest BCUT2D eigenvalue weighted by atomic mass is 9.45. The Morgan fingerprint density at radius 2 is 1.88 bits per heavy atom. The molecule has 4 fully saturated rings. The van der Waals surface area contributed by atoms with Crippen molar-refractivity contribution in [1.29, 1.82) is 0 Å². The number of carbonyl (C=O) groups is 2. The summed E-state index contributed by atoms with van der Waals surface area (Å²) < 4.78 is 5.89. The standard InChI is InChI=1S/C33H45N3O5/c1-19-27-15-24(33(27,3)4)16-28(19)34-31(38)29-26(20(2)37)18-41-36(29)17-23-9-8-10-25(30(23)40-7)21-11-13-22(14-12-21)32(39)35(5)6/h8-14,19-20,24,26-29,37H,15-18H2,1-7H3,(H,34,38)/t19-,20-,24+,26-,27-,28-,29-/m0/s1. The lowest BCUT2D eigenvalue weighted by molar-refractivity contribution is -0.161. The molecule has 8 nitrogen and oxygen atoms in total. The molecule has 222 valence electrons. The molecule has 41 heavy (non-hydrogen) atoms. The third-order valence-corrected chi connectivity index (χ3v) is 10.2. The Kier molecular flexibility index (Phi) is 8.21. The lowest BCUT2D eigenvalue weighted by Gasteiger charge is -2.62. The third kappa shape index (κ3) is 5.38. The number of fused-ring (bicyclic) bond motifs is 2. The van der Waals surface area contributed by atoms with E-state index in [2.05, 4.69) is 26.1 Å². The van der Waals surface area contributed by atoms with Crippen LogP contribution in [0.4, 0.5) is 0 Å². The van der Waals surface area contributed by atoms with Gasteiger partial charge in [0.1, 0.15) is 11.8 Å². The van der Waals surface area contributed by atoms with Crippen LogP contribution in [0.1, 0.15) is 56.5 Å². The van der Waals surface area contributed by atoms with E-state index >= 15 is 0 Å². The quantitative estimate of drug-likeness (QED) is 0.496. The summed E-state index contributed by atoms with van der Waals surface area (Å²) >= 11 is 0. The number of benzene rings is 2. The van der Waals surface area contributed by atoms with Crippen molar-refractivity contribution < 1.29 is 24.3 Å². The molecule has 3 aliphatic carbocycles. The van der Waals surface area contributed by atoms with E-state index < -0.39 is 12.1 Å². The van der Waals surface area contributed by atoms with E-state index in [-0.39, 0.29) is 30.4 Å². The molecule has 3 saturated carbocycles. The second-order valence-electron chi connectivity index (χ2n) is 13.1. The summed E-state index contributed by atoms with van der Waals surface area (Å²) in [6, 6.07) is 12.9. The Balaban J connectivity index is 1.36. The highest BCUT2D eigenvalue weighted by Crippen LogP contribution is 2.61. The second kappa shape index (κ2) is 11.4. The zero-order valence-electron chi connectivity index (χ0n) is 25.4. The van der Waals surface area contributed by atoms with E-state index in [4.69, 9.17) is 9.57 Å². The number of para-hydroxylation sites is 1. The van der Waals surface area contributed by atoms with Gasteiger partial charge >= 0.3 is 0 Å². The zero-order valence-corrected chi connectivity index (χ0v) is 25.4. The number of hydrogen-bond acceptors (Lipinski definition) is 6. The number of aliphatic hydroxyl groups is 1. The molecule has 0 unspecified atom stereocenters.